The van der Waals surface area contributed by atoms with E-state index in [0.29, 0.717) is 50.4 Å². The molecule has 1 aliphatic carbocycles. The standard InChI is InChI=1S/C24H29N3O4/c1-16-15-26(24(29)31-19-10-12-30-13-11-19)23-14-18(8-9-22(23)27(16)17(2)28)20-6-4-3-5-7-21(20)25/h3-6,8-9,14,16,19H,7,10-13,15,25H2,1-2H3/t16-/m0/s1. The summed E-state index contributed by atoms with van der Waals surface area (Å²) in [5, 5.41) is 0. The third-order valence-electron chi connectivity index (χ3n) is 5.91. The van der Waals surface area contributed by atoms with Crippen LogP contribution < -0.4 is 15.5 Å². The van der Waals surface area contributed by atoms with Crippen LogP contribution >= 0.6 is 0 Å². The van der Waals surface area contributed by atoms with Crippen LogP contribution in [0.5, 0.6) is 0 Å². The van der Waals surface area contributed by atoms with E-state index in [1.165, 1.54) is 0 Å². The molecule has 1 aromatic rings. The highest BCUT2D eigenvalue weighted by Gasteiger charge is 2.35. The largest absolute Gasteiger partial charge is 0.446 e. The fourth-order valence-corrected chi connectivity index (χ4v) is 4.37. The Labute approximate surface area is 182 Å². The molecule has 7 nitrogen and oxygen atoms in total. The van der Waals surface area contributed by atoms with Gasteiger partial charge in [-0.2, -0.15) is 0 Å². The summed E-state index contributed by atoms with van der Waals surface area (Å²) in [7, 11) is 0. The average molecular weight is 424 g/mol. The van der Waals surface area contributed by atoms with Crippen molar-refractivity contribution in [1.29, 1.82) is 0 Å². The second-order valence-electron chi connectivity index (χ2n) is 8.18. The predicted molar refractivity (Wildman–Crippen MR) is 121 cm³/mol. The molecule has 0 aromatic heterocycles. The van der Waals surface area contributed by atoms with Crippen molar-refractivity contribution in [2.75, 3.05) is 29.6 Å². The first-order valence-corrected chi connectivity index (χ1v) is 10.8. The van der Waals surface area contributed by atoms with Gasteiger partial charge in [0.25, 0.3) is 0 Å². The minimum absolute atomic E-state index is 0.0590. The molecule has 0 spiro atoms. The minimum atomic E-state index is -0.389. The molecule has 31 heavy (non-hydrogen) atoms. The number of fused-ring (bicyclic) bond motifs is 1. The van der Waals surface area contributed by atoms with Gasteiger partial charge in [-0.05, 0) is 24.6 Å². The monoisotopic (exact) mass is 423 g/mol. The number of carbonyl (C=O) groups is 2. The maximum absolute atomic E-state index is 13.2. The predicted octanol–water partition coefficient (Wildman–Crippen LogP) is 3.75. The summed E-state index contributed by atoms with van der Waals surface area (Å²) in [6, 6.07) is 5.61. The highest BCUT2D eigenvalue weighted by molar-refractivity contribution is 6.03. The van der Waals surface area contributed by atoms with Gasteiger partial charge in [0.2, 0.25) is 5.91 Å². The Morgan fingerprint density at radius 1 is 1.16 bits per heavy atom. The molecule has 164 valence electrons. The fourth-order valence-electron chi connectivity index (χ4n) is 4.37. The first kappa shape index (κ1) is 21.2. The Morgan fingerprint density at radius 2 is 1.94 bits per heavy atom. The smallest absolute Gasteiger partial charge is 0.414 e. The number of hydrogen-bond donors (Lipinski definition) is 1. The van der Waals surface area contributed by atoms with Gasteiger partial charge in [-0.1, -0.05) is 30.4 Å². The van der Waals surface area contributed by atoms with Gasteiger partial charge in [-0.25, -0.2) is 4.79 Å². The second-order valence-corrected chi connectivity index (χ2v) is 8.18. The number of nitrogens with zero attached hydrogens (tertiary/aromatic N) is 2. The molecular weight excluding hydrogens is 394 g/mol. The summed E-state index contributed by atoms with van der Waals surface area (Å²) in [6.45, 7) is 5.05. The van der Waals surface area contributed by atoms with Crippen LogP contribution in [0.3, 0.4) is 0 Å². The first-order valence-electron chi connectivity index (χ1n) is 10.8. The van der Waals surface area contributed by atoms with Crippen molar-refractivity contribution in [3.05, 3.63) is 53.8 Å². The molecule has 1 fully saturated rings. The summed E-state index contributed by atoms with van der Waals surface area (Å²) in [4.78, 5) is 28.9. The van der Waals surface area contributed by atoms with Crippen LogP contribution in [0, 0.1) is 0 Å². The number of nitrogens with two attached hydrogens (primary N) is 1. The van der Waals surface area contributed by atoms with Crippen molar-refractivity contribution < 1.29 is 19.1 Å². The lowest BCUT2D eigenvalue weighted by atomic mass is 9.98. The van der Waals surface area contributed by atoms with Crippen LogP contribution in [0.25, 0.3) is 5.57 Å². The van der Waals surface area contributed by atoms with E-state index in [4.69, 9.17) is 15.2 Å². The van der Waals surface area contributed by atoms with Gasteiger partial charge in [-0.15, -0.1) is 0 Å². The Balaban J connectivity index is 1.72. The van der Waals surface area contributed by atoms with E-state index in [1.807, 2.05) is 49.4 Å². The van der Waals surface area contributed by atoms with Crippen molar-refractivity contribution in [2.24, 2.45) is 5.73 Å². The number of ether oxygens (including phenoxy) is 2. The molecule has 4 rings (SSSR count). The molecule has 0 bridgehead atoms. The minimum Gasteiger partial charge on any atom is -0.446 e. The highest BCUT2D eigenvalue weighted by Crippen LogP contribution is 2.39. The maximum Gasteiger partial charge on any atom is 0.414 e. The third-order valence-corrected chi connectivity index (χ3v) is 5.91. The lowest BCUT2D eigenvalue weighted by Crippen LogP contribution is -2.52. The quantitative estimate of drug-likeness (QED) is 0.783. The topological polar surface area (TPSA) is 85.1 Å². The molecule has 1 saturated heterocycles. The van der Waals surface area contributed by atoms with Crippen molar-refractivity contribution in [1.82, 2.24) is 0 Å². The molecule has 2 amide bonds. The zero-order valence-electron chi connectivity index (χ0n) is 18.0. The molecule has 0 radical (unpaired) electrons. The molecule has 1 aromatic carbocycles. The van der Waals surface area contributed by atoms with Crippen molar-refractivity contribution >= 4 is 28.9 Å². The van der Waals surface area contributed by atoms with E-state index >= 15 is 0 Å². The lowest BCUT2D eigenvalue weighted by Gasteiger charge is -2.41. The Hall–Kier alpha value is -3.06. The van der Waals surface area contributed by atoms with Gasteiger partial charge < -0.3 is 20.1 Å². The number of rotatable bonds is 2. The second kappa shape index (κ2) is 8.98. The van der Waals surface area contributed by atoms with Gasteiger partial charge in [0.05, 0.1) is 30.6 Å². The summed E-state index contributed by atoms with van der Waals surface area (Å²) >= 11 is 0. The van der Waals surface area contributed by atoms with Crippen LogP contribution in [0.2, 0.25) is 0 Å². The molecule has 0 saturated carbocycles. The third kappa shape index (κ3) is 4.37. The number of amides is 2. The number of anilines is 2. The molecule has 2 N–H and O–H groups in total. The zero-order valence-corrected chi connectivity index (χ0v) is 18.0. The van der Waals surface area contributed by atoms with Crippen LogP contribution in [0.1, 0.15) is 38.7 Å². The van der Waals surface area contributed by atoms with Gasteiger partial charge in [-0.3, -0.25) is 9.69 Å². The van der Waals surface area contributed by atoms with Crippen molar-refractivity contribution in [3.8, 4) is 0 Å². The highest BCUT2D eigenvalue weighted by atomic mass is 16.6. The van der Waals surface area contributed by atoms with Gasteiger partial charge >= 0.3 is 6.09 Å². The number of benzene rings is 1. The van der Waals surface area contributed by atoms with E-state index in [1.54, 1.807) is 16.7 Å². The SMILES string of the molecule is CC(=O)N1c2ccc(C3=C(N)CC=CC=C3)cc2N(C(=O)OC2CCOCC2)C[C@@H]1C. The van der Waals surface area contributed by atoms with E-state index in [2.05, 4.69) is 0 Å². The van der Waals surface area contributed by atoms with E-state index < -0.39 is 0 Å². The van der Waals surface area contributed by atoms with Crippen molar-refractivity contribution in [3.63, 3.8) is 0 Å². The normalized spacial score (nSPS) is 21.7. The van der Waals surface area contributed by atoms with Crippen LogP contribution in [-0.4, -0.2) is 43.9 Å². The molecule has 2 aliphatic heterocycles. The summed E-state index contributed by atoms with van der Waals surface area (Å²) in [6.07, 6.45) is 9.42. The van der Waals surface area contributed by atoms with Crippen LogP contribution in [0.4, 0.5) is 16.2 Å². The number of carbonyl (C=O) groups excluding carboxylic acids is 2. The summed E-state index contributed by atoms with van der Waals surface area (Å²) in [5.74, 6) is -0.0590. The number of hydrogen-bond acceptors (Lipinski definition) is 5. The van der Waals surface area contributed by atoms with Crippen LogP contribution in [-0.2, 0) is 14.3 Å². The van der Waals surface area contributed by atoms with Gasteiger partial charge in [0.1, 0.15) is 6.10 Å². The van der Waals surface area contributed by atoms with Gasteiger partial charge in [0.15, 0.2) is 0 Å². The van der Waals surface area contributed by atoms with E-state index in [9.17, 15) is 9.59 Å². The number of allylic oxidation sites excluding steroid dienone is 5. The fraction of sp³-hybridized carbons (Fsp3) is 0.417. The molecule has 3 aliphatic rings. The Morgan fingerprint density at radius 3 is 2.68 bits per heavy atom. The molecule has 1 atom stereocenters. The maximum atomic E-state index is 13.2. The summed E-state index contributed by atoms with van der Waals surface area (Å²) < 4.78 is 11.2. The van der Waals surface area contributed by atoms with Gasteiger partial charge in [0, 0.05) is 44.0 Å². The first-order chi connectivity index (χ1) is 15.0. The van der Waals surface area contributed by atoms with Crippen LogP contribution in [0.15, 0.2) is 48.2 Å². The van der Waals surface area contributed by atoms with Crippen molar-refractivity contribution in [2.45, 2.75) is 45.3 Å². The molecule has 0 unspecified atom stereocenters. The zero-order chi connectivity index (χ0) is 22.0. The molecule has 2 heterocycles. The van der Waals surface area contributed by atoms with E-state index in [-0.39, 0.29) is 24.1 Å². The molecular formula is C24H29N3O4. The Kier molecular flexibility index (Phi) is 6.13. The summed E-state index contributed by atoms with van der Waals surface area (Å²) in [5.41, 5.74) is 10.2. The average Bonchev–Trinajstić information content (AvgIpc) is 2.97. The van der Waals surface area contributed by atoms with E-state index in [0.717, 1.165) is 16.8 Å². The Bertz CT molecular complexity index is 960. The lowest BCUT2D eigenvalue weighted by molar-refractivity contribution is -0.117. The molecule has 7 heteroatoms.